The first-order valence-electron chi connectivity index (χ1n) is 7.38. The Labute approximate surface area is 148 Å². The van der Waals surface area contributed by atoms with Gasteiger partial charge >= 0.3 is 0 Å². The molecule has 0 aliphatic heterocycles. The number of aromatic nitrogens is 2. The highest BCUT2D eigenvalue weighted by molar-refractivity contribution is 7.15. The smallest absolute Gasteiger partial charge is 0.195 e. The fourth-order valence-corrected chi connectivity index (χ4v) is 3.42. The van der Waals surface area contributed by atoms with E-state index in [1.165, 1.54) is 0 Å². The lowest BCUT2D eigenvalue weighted by Gasteiger charge is -2.19. The number of imidazole rings is 1. The molecule has 0 radical (unpaired) electrons. The summed E-state index contributed by atoms with van der Waals surface area (Å²) in [7, 11) is 0. The molecule has 0 bridgehead atoms. The highest BCUT2D eigenvalue weighted by Crippen LogP contribution is 2.26. The number of anilines is 2. The summed E-state index contributed by atoms with van der Waals surface area (Å²) in [6.45, 7) is 0. The summed E-state index contributed by atoms with van der Waals surface area (Å²) >= 11 is 7.79. The van der Waals surface area contributed by atoms with Crippen molar-refractivity contribution in [3.63, 3.8) is 0 Å². The van der Waals surface area contributed by atoms with E-state index in [0.29, 0.717) is 5.15 Å². The van der Waals surface area contributed by atoms with Crippen LogP contribution >= 0.6 is 22.9 Å². The standard InChI is InChI=1S/C18H13ClN4S/c19-17-16(22-11-12-24-18(22)21-17)13-20-23(14-7-3-1-4-8-14)15-9-5-2-6-10-15/h1-13H/b20-13-. The molecule has 0 N–H and O–H groups in total. The van der Waals surface area contributed by atoms with Crippen LogP contribution in [0.2, 0.25) is 5.15 Å². The number of thiazole rings is 1. The van der Waals surface area contributed by atoms with E-state index >= 15 is 0 Å². The Morgan fingerprint density at radius 1 is 1.00 bits per heavy atom. The van der Waals surface area contributed by atoms with Crippen LogP contribution in [0, 0.1) is 0 Å². The topological polar surface area (TPSA) is 32.9 Å². The van der Waals surface area contributed by atoms with Crippen molar-refractivity contribution >= 4 is 45.5 Å². The molecule has 2 aromatic heterocycles. The minimum absolute atomic E-state index is 0.451. The van der Waals surface area contributed by atoms with Crippen molar-refractivity contribution in [1.82, 2.24) is 9.38 Å². The molecule has 2 aromatic carbocycles. The highest BCUT2D eigenvalue weighted by Gasteiger charge is 2.11. The monoisotopic (exact) mass is 352 g/mol. The maximum atomic E-state index is 6.25. The SMILES string of the molecule is Clc1nc2sccn2c1/C=N\N(c1ccccc1)c1ccccc1. The predicted molar refractivity (Wildman–Crippen MR) is 101 cm³/mol. The summed E-state index contributed by atoms with van der Waals surface area (Å²) in [6.07, 6.45) is 3.69. The Hall–Kier alpha value is -2.63. The summed E-state index contributed by atoms with van der Waals surface area (Å²) in [5.74, 6) is 0. The van der Waals surface area contributed by atoms with E-state index < -0.39 is 0 Å². The van der Waals surface area contributed by atoms with Gasteiger partial charge in [0.15, 0.2) is 10.1 Å². The van der Waals surface area contributed by atoms with E-state index in [9.17, 15) is 0 Å². The maximum absolute atomic E-state index is 6.25. The molecule has 4 rings (SSSR count). The minimum Gasteiger partial charge on any atom is -0.288 e. The van der Waals surface area contributed by atoms with E-state index in [0.717, 1.165) is 22.0 Å². The van der Waals surface area contributed by atoms with Crippen molar-refractivity contribution in [2.24, 2.45) is 5.10 Å². The number of hydrazone groups is 1. The number of rotatable bonds is 4. The van der Waals surface area contributed by atoms with Crippen molar-refractivity contribution < 1.29 is 0 Å². The molecule has 4 nitrogen and oxygen atoms in total. The molecule has 118 valence electrons. The third-order valence-electron chi connectivity index (χ3n) is 3.55. The molecule has 0 spiro atoms. The summed E-state index contributed by atoms with van der Waals surface area (Å²) in [6, 6.07) is 20.0. The van der Waals surface area contributed by atoms with Crippen LogP contribution in [0.25, 0.3) is 4.96 Å². The molecule has 6 heteroatoms. The number of halogens is 1. The van der Waals surface area contributed by atoms with Crippen LogP contribution in [0.1, 0.15) is 5.69 Å². The highest BCUT2D eigenvalue weighted by atomic mass is 35.5. The Balaban J connectivity index is 1.77. The van der Waals surface area contributed by atoms with Crippen molar-refractivity contribution in [1.29, 1.82) is 0 Å². The Kier molecular flexibility index (Phi) is 4.02. The van der Waals surface area contributed by atoms with Crippen molar-refractivity contribution in [2.75, 3.05) is 5.01 Å². The minimum atomic E-state index is 0.451. The summed E-state index contributed by atoms with van der Waals surface area (Å²) in [5, 5.41) is 8.97. The molecule has 24 heavy (non-hydrogen) atoms. The average molecular weight is 353 g/mol. The Morgan fingerprint density at radius 2 is 1.62 bits per heavy atom. The summed E-state index contributed by atoms with van der Waals surface area (Å²) in [4.78, 5) is 5.19. The van der Waals surface area contributed by atoms with Crippen LogP contribution < -0.4 is 5.01 Å². The molecule has 4 aromatic rings. The zero-order chi connectivity index (χ0) is 16.4. The zero-order valence-electron chi connectivity index (χ0n) is 12.6. The number of hydrogen-bond donors (Lipinski definition) is 0. The average Bonchev–Trinajstić information content (AvgIpc) is 3.19. The number of para-hydroxylation sites is 2. The molecular weight excluding hydrogens is 340 g/mol. The lowest BCUT2D eigenvalue weighted by molar-refractivity contribution is 1.08. The first-order valence-corrected chi connectivity index (χ1v) is 8.64. The van der Waals surface area contributed by atoms with Crippen molar-refractivity contribution in [3.05, 3.63) is 83.1 Å². The van der Waals surface area contributed by atoms with Crippen molar-refractivity contribution in [2.45, 2.75) is 0 Å². The molecule has 0 amide bonds. The van der Waals surface area contributed by atoms with Crippen LogP contribution in [0.15, 0.2) is 77.3 Å². The first-order chi connectivity index (χ1) is 11.8. The van der Waals surface area contributed by atoms with Gasteiger partial charge in [-0.3, -0.25) is 4.40 Å². The van der Waals surface area contributed by atoms with Crippen molar-refractivity contribution in [3.8, 4) is 0 Å². The summed E-state index contributed by atoms with van der Waals surface area (Å²) < 4.78 is 1.94. The Morgan fingerprint density at radius 3 is 2.25 bits per heavy atom. The lowest BCUT2D eigenvalue weighted by Crippen LogP contribution is -2.09. The van der Waals surface area contributed by atoms with E-state index in [4.69, 9.17) is 11.6 Å². The van der Waals surface area contributed by atoms with Crippen LogP contribution in [-0.2, 0) is 0 Å². The summed E-state index contributed by atoms with van der Waals surface area (Å²) in [5.41, 5.74) is 2.72. The van der Waals surface area contributed by atoms with E-state index in [1.54, 1.807) is 17.6 Å². The largest absolute Gasteiger partial charge is 0.288 e. The normalized spacial score (nSPS) is 11.4. The second-order valence-corrected chi connectivity index (χ2v) is 6.30. The van der Waals surface area contributed by atoms with Gasteiger partial charge in [0.1, 0.15) is 5.69 Å². The lowest BCUT2D eigenvalue weighted by atomic mass is 10.2. The fraction of sp³-hybridized carbons (Fsp3) is 0. The molecule has 0 unspecified atom stereocenters. The molecule has 0 aliphatic carbocycles. The number of nitrogens with zero attached hydrogens (tertiary/aromatic N) is 4. The molecule has 0 atom stereocenters. The molecule has 0 aliphatic rings. The van der Waals surface area contributed by atoms with Gasteiger partial charge in [-0.25, -0.2) is 9.99 Å². The van der Waals surface area contributed by atoms with Crippen LogP contribution in [-0.4, -0.2) is 15.6 Å². The van der Waals surface area contributed by atoms with Crippen LogP contribution in [0.3, 0.4) is 0 Å². The number of benzene rings is 2. The van der Waals surface area contributed by atoms with Gasteiger partial charge in [0.05, 0.1) is 17.6 Å². The van der Waals surface area contributed by atoms with Gasteiger partial charge in [-0.2, -0.15) is 5.10 Å². The first kappa shape index (κ1) is 14.9. The molecular formula is C18H13ClN4S. The fourth-order valence-electron chi connectivity index (χ4n) is 2.43. The molecule has 0 saturated carbocycles. The molecule has 0 saturated heterocycles. The van der Waals surface area contributed by atoms with Gasteiger partial charge in [-0.1, -0.05) is 48.0 Å². The van der Waals surface area contributed by atoms with E-state index in [2.05, 4.69) is 10.1 Å². The van der Waals surface area contributed by atoms with Gasteiger partial charge < -0.3 is 0 Å². The van der Waals surface area contributed by atoms with Gasteiger partial charge in [-0.15, -0.1) is 11.3 Å². The zero-order valence-corrected chi connectivity index (χ0v) is 14.2. The third-order valence-corrected chi connectivity index (χ3v) is 4.59. The van der Waals surface area contributed by atoms with Gasteiger partial charge in [0, 0.05) is 11.6 Å². The second kappa shape index (κ2) is 6.47. The predicted octanol–water partition coefficient (Wildman–Crippen LogP) is 5.22. The van der Waals surface area contributed by atoms with E-state index in [-0.39, 0.29) is 0 Å². The third kappa shape index (κ3) is 2.79. The maximum Gasteiger partial charge on any atom is 0.195 e. The van der Waals surface area contributed by atoms with Crippen LogP contribution in [0.5, 0.6) is 0 Å². The van der Waals surface area contributed by atoms with E-state index in [1.807, 2.05) is 81.7 Å². The second-order valence-electron chi connectivity index (χ2n) is 5.07. The van der Waals surface area contributed by atoms with Crippen LogP contribution in [0.4, 0.5) is 11.4 Å². The number of fused-ring (bicyclic) bond motifs is 1. The van der Waals surface area contributed by atoms with Gasteiger partial charge in [-0.05, 0) is 24.3 Å². The molecule has 2 heterocycles. The van der Waals surface area contributed by atoms with Gasteiger partial charge in [0.25, 0.3) is 0 Å². The Bertz CT molecular complexity index is 937. The number of hydrogen-bond acceptors (Lipinski definition) is 4. The van der Waals surface area contributed by atoms with Gasteiger partial charge in [0.2, 0.25) is 0 Å². The molecule has 0 fully saturated rings. The quantitative estimate of drug-likeness (QED) is 0.372.